The summed E-state index contributed by atoms with van der Waals surface area (Å²) >= 11 is 5.35. The summed E-state index contributed by atoms with van der Waals surface area (Å²) in [5.74, 6) is -0.330. The second-order valence-electron chi connectivity index (χ2n) is 7.91. The first kappa shape index (κ1) is 23.4. The number of hydrogen-bond acceptors (Lipinski definition) is 5. The number of aliphatic hydroxyl groups is 1. The maximum Gasteiger partial charge on any atom is 0.266 e. The summed E-state index contributed by atoms with van der Waals surface area (Å²) in [7, 11) is 0. The SMILES string of the molecule is CCCCC[C@@H](O)[C@@H](OCc1ccccc1)C(=O)N1C(=S)OC[C@@H]1Cc1ccccc1. The molecule has 1 amide bonds. The van der Waals surface area contributed by atoms with Crippen molar-refractivity contribution in [3.8, 4) is 0 Å². The van der Waals surface area contributed by atoms with E-state index in [9.17, 15) is 9.90 Å². The zero-order valence-electron chi connectivity index (χ0n) is 18.0. The van der Waals surface area contributed by atoms with Gasteiger partial charge in [0.15, 0.2) is 6.10 Å². The van der Waals surface area contributed by atoms with Crippen LogP contribution in [0.25, 0.3) is 0 Å². The van der Waals surface area contributed by atoms with E-state index in [-0.39, 0.29) is 23.7 Å². The third-order valence-electron chi connectivity index (χ3n) is 5.48. The highest BCUT2D eigenvalue weighted by Gasteiger charge is 2.41. The lowest BCUT2D eigenvalue weighted by Crippen LogP contribution is -2.50. The van der Waals surface area contributed by atoms with Crippen LogP contribution in [0.4, 0.5) is 0 Å². The van der Waals surface area contributed by atoms with E-state index in [1.54, 1.807) is 0 Å². The fourth-order valence-electron chi connectivity index (χ4n) is 3.77. The molecule has 2 aromatic carbocycles. The highest BCUT2D eigenvalue weighted by Crippen LogP contribution is 2.22. The highest BCUT2D eigenvalue weighted by molar-refractivity contribution is 7.80. The Morgan fingerprint density at radius 2 is 1.77 bits per heavy atom. The van der Waals surface area contributed by atoms with Gasteiger partial charge < -0.3 is 14.6 Å². The summed E-state index contributed by atoms with van der Waals surface area (Å²) in [6.07, 6.45) is 2.12. The van der Waals surface area contributed by atoms with E-state index in [1.807, 2.05) is 60.7 Å². The number of carbonyl (C=O) groups is 1. The fraction of sp³-hybridized carbons (Fsp3) is 0.440. The lowest BCUT2D eigenvalue weighted by Gasteiger charge is -2.29. The number of hydrogen-bond donors (Lipinski definition) is 1. The molecule has 5 nitrogen and oxygen atoms in total. The number of nitrogens with zero attached hydrogens (tertiary/aromatic N) is 1. The van der Waals surface area contributed by atoms with Crippen molar-refractivity contribution in [2.75, 3.05) is 6.61 Å². The first-order valence-electron chi connectivity index (χ1n) is 11.0. The van der Waals surface area contributed by atoms with Crippen molar-refractivity contribution in [3.05, 3.63) is 71.8 Å². The van der Waals surface area contributed by atoms with Crippen molar-refractivity contribution in [1.82, 2.24) is 4.90 Å². The number of amides is 1. The molecule has 3 atom stereocenters. The van der Waals surface area contributed by atoms with Crippen molar-refractivity contribution in [2.24, 2.45) is 0 Å². The summed E-state index contributed by atoms with van der Waals surface area (Å²) in [6.45, 7) is 2.69. The number of rotatable bonds is 11. The van der Waals surface area contributed by atoms with Crippen LogP contribution in [0.5, 0.6) is 0 Å². The number of ether oxygens (including phenoxy) is 2. The minimum Gasteiger partial charge on any atom is -0.468 e. The Hall–Kier alpha value is -2.28. The second kappa shape index (κ2) is 11.9. The molecule has 0 saturated carbocycles. The van der Waals surface area contributed by atoms with Gasteiger partial charge in [0.1, 0.15) is 6.61 Å². The Kier molecular flexibility index (Phi) is 9.00. The summed E-state index contributed by atoms with van der Waals surface area (Å²) in [4.78, 5) is 15.0. The second-order valence-corrected chi connectivity index (χ2v) is 8.26. The average Bonchev–Trinajstić information content (AvgIpc) is 3.15. The molecule has 1 saturated heterocycles. The molecule has 0 spiro atoms. The van der Waals surface area contributed by atoms with Crippen LogP contribution in [0.3, 0.4) is 0 Å². The smallest absolute Gasteiger partial charge is 0.266 e. The summed E-state index contributed by atoms with van der Waals surface area (Å²) < 4.78 is 11.5. The van der Waals surface area contributed by atoms with Crippen LogP contribution in [-0.4, -0.2) is 45.9 Å². The summed E-state index contributed by atoms with van der Waals surface area (Å²) in [6, 6.07) is 19.4. The molecule has 0 aromatic heterocycles. The van der Waals surface area contributed by atoms with E-state index < -0.39 is 12.2 Å². The number of carbonyl (C=O) groups excluding carboxylic acids is 1. The number of unbranched alkanes of at least 4 members (excludes halogenated alkanes) is 2. The molecule has 0 radical (unpaired) electrons. The molecule has 31 heavy (non-hydrogen) atoms. The molecular formula is C25H31NO4S. The van der Waals surface area contributed by atoms with E-state index in [0.717, 1.165) is 30.4 Å². The minimum atomic E-state index is -0.991. The molecule has 1 aliphatic heterocycles. The van der Waals surface area contributed by atoms with Gasteiger partial charge in [0.25, 0.3) is 11.1 Å². The van der Waals surface area contributed by atoms with E-state index in [1.165, 1.54) is 4.90 Å². The molecule has 2 aromatic rings. The quantitative estimate of drug-likeness (QED) is 0.417. The Morgan fingerprint density at radius 1 is 1.13 bits per heavy atom. The largest absolute Gasteiger partial charge is 0.468 e. The molecule has 3 rings (SSSR count). The molecule has 1 heterocycles. The molecule has 6 heteroatoms. The maximum atomic E-state index is 13.5. The third kappa shape index (κ3) is 6.60. The van der Waals surface area contributed by atoms with Gasteiger partial charge in [0.2, 0.25) is 0 Å². The van der Waals surface area contributed by atoms with E-state index in [2.05, 4.69) is 6.92 Å². The Bertz CT molecular complexity index is 830. The van der Waals surface area contributed by atoms with Crippen LogP contribution in [0.2, 0.25) is 0 Å². The van der Waals surface area contributed by atoms with Crippen LogP contribution in [0.1, 0.15) is 43.7 Å². The average molecular weight is 442 g/mol. The van der Waals surface area contributed by atoms with Crippen LogP contribution in [-0.2, 0) is 27.3 Å². The lowest BCUT2D eigenvalue weighted by molar-refractivity contribution is -0.150. The Morgan fingerprint density at radius 3 is 2.42 bits per heavy atom. The van der Waals surface area contributed by atoms with Crippen LogP contribution >= 0.6 is 12.2 Å². The van der Waals surface area contributed by atoms with Gasteiger partial charge in [-0.15, -0.1) is 0 Å². The van der Waals surface area contributed by atoms with E-state index in [0.29, 0.717) is 19.4 Å². The van der Waals surface area contributed by atoms with Crippen molar-refractivity contribution >= 4 is 23.3 Å². The van der Waals surface area contributed by atoms with Crippen LogP contribution in [0.15, 0.2) is 60.7 Å². The molecule has 0 unspecified atom stereocenters. The number of benzene rings is 2. The normalized spacial score (nSPS) is 17.9. The third-order valence-corrected chi connectivity index (χ3v) is 5.80. The van der Waals surface area contributed by atoms with Gasteiger partial charge in [-0.05, 0) is 36.2 Å². The molecule has 1 aliphatic rings. The van der Waals surface area contributed by atoms with Crippen molar-refractivity contribution in [3.63, 3.8) is 0 Å². The molecule has 1 N–H and O–H groups in total. The topological polar surface area (TPSA) is 59.0 Å². The predicted molar refractivity (Wildman–Crippen MR) is 124 cm³/mol. The van der Waals surface area contributed by atoms with Gasteiger partial charge in [-0.25, -0.2) is 0 Å². The standard InChI is InChI=1S/C25H31NO4S/c1-2-3-6-15-22(27)23(29-17-20-13-9-5-10-14-20)24(28)26-21(18-30-25(26)31)16-19-11-7-4-8-12-19/h4-5,7-14,21-23,27H,2-3,6,15-18H2,1H3/t21-,22+,23+/m0/s1. The Labute approximate surface area is 190 Å². The monoisotopic (exact) mass is 441 g/mol. The number of thiocarbonyl (C=S) groups is 1. The first-order valence-corrected chi connectivity index (χ1v) is 11.4. The van der Waals surface area contributed by atoms with Gasteiger partial charge in [-0.2, -0.15) is 0 Å². The molecule has 166 valence electrons. The maximum absolute atomic E-state index is 13.5. The van der Waals surface area contributed by atoms with Crippen LogP contribution < -0.4 is 0 Å². The van der Waals surface area contributed by atoms with Crippen molar-refractivity contribution < 1.29 is 19.4 Å². The van der Waals surface area contributed by atoms with Gasteiger partial charge in [-0.1, -0.05) is 86.8 Å². The zero-order chi connectivity index (χ0) is 22.1. The fourth-order valence-corrected chi connectivity index (χ4v) is 4.07. The van der Waals surface area contributed by atoms with E-state index >= 15 is 0 Å². The van der Waals surface area contributed by atoms with Crippen LogP contribution in [0, 0.1) is 0 Å². The zero-order valence-corrected chi connectivity index (χ0v) is 18.8. The predicted octanol–water partition coefficient (Wildman–Crippen LogP) is 4.27. The van der Waals surface area contributed by atoms with Gasteiger partial charge >= 0.3 is 0 Å². The first-order chi connectivity index (χ1) is 15.1. The summed E-state index contributed by atoms with van der Waals surface area (Å²) in [5, 5.41) is 11.0. The Balaban J connectivity index is 1.74. The lowest BCUT2D eigenvalue weighted by atomic mass is 10.0. The molecular weight excluding hydrogens is 410 g/mol. The molecule has 1 fully saturated rings. The van der Waals surface area contributed by atoms with E-state index in [4.69, 9.17) is 21.7 Å². The highest BCUT2D eigenvalue weighted by atomic mass is 32.1. The summed E-state index contributed by atoms with van der Waals surface area (Å²) in [5.41, 5.74) is 2.05. The molecule has 0 aliphatic carbocycles. The van der Waals surface area contributed by atoms with Gasteiger partial charge in [0, 0.05) is 0 Å². The molecule has 0 bridgehead atoms. The van der Waals surface area contributed by atoms with Gasteiger partial charge in [-0.3, -0.25) is 9.69 Å². The minimum absolute atomic E-state index is 0.153. The van der Waals surface area contributed by atoms with Crippen molar-refractivity contribution in [2.45, 2.75) is 63.9 Å². The van der Waals surface area contributed by atoms with Crippen molar-refractivity contribution in [1.29, 1.82) is 0 Å². The van der Waals surface area contributed by atoms with Gasteiger partial charge in [0.05, 0.1) is 18.8 Å². The number of aliphatic hydroxyl groups excluding tert-OH is 1.